The molecule has 4 heterocycles. The average Bonchev–Trinajstić information content (AvgIpc) is 3.26. The van der Waals surface area contributed by atoms with E-state index >= 15 is 0 Å². The molecule has 0 spiro atoms. The molecular weight excluding hydrogens is 462 g/mol. The van der Waals surface area contributed by atoms with Crippen molar-refractivity contribution in [3.63, 3.8) is 0 Å². The van der Waals surface area contributed by atoms with Crippen LogP contribution in [0.2, 0.25) is 0 Å². The maximum absolute atomic E-state index is 13.4. The first-order valence-electron chi connectivity index (χ1n) is 11.2. The van der Waals surface area contributed by atoms with Gasteiger partial charge >= 0.3 is 6.18 Å². The Balaban J connectivity index is 1.29. The predicted octanol–water partition coefficient (Wildman–Crippen LogP) is 4.66. The van der Waals surface area contributed by atoms with Crippen LogP contribution in [0.25, 0.3) is 22.3 Å². The van der Waals surface area contributed by atoms with E-state index in [9.17, 15) is 17.6 Å². The Bertz CT molecular complexity index is 1340. The molecule has 1 fully saturated rings. The number of benzene rings is 1. The molecule has 0 bridgehead atoms. The maximum atomic E-state index is 13.4. The number of hydrogen-bond donors (Lipinski definition) is 1. The van der Waals surface area contributed by atoms with Gasteiger partial charge in [0.05, 0.1) is 11.3 Å². The SMILES string of the molecule is Cn1nccc1-c1nnc(NC2CCN(Cc3ccc(F)cc3C(F)(F)F)CC2)c2ncccc12. The molecule has 1 aliphatic heterocycles. The number of likely N-dealkylation sites (tertiary alicyclic amines) is 1. The minimum absolute atomic E-state index is 0.0728. The van der Waals surface area contributed by atoms with E-state index in [-0.39, 0.29) is 18.2 Å². The van der Waals surface area contributed by atoms with E-state index < -0.39 is 17.6 Å². The molecule has 0 radical (unpaired) electrons. The van der Waals surface area contributed by atoms with E-state index in [0.717, 1.165) is 17.1 Å². The predicted molar refractivity (Wildman–Crippen MR) is 123 cm³/mol. The van der Waals surface area contributed by atoms with Gasteiger partial charge in [0.25, 0.3) is 0 Å². The Hall–Kier alpha value is -3.60. The lowest BCUT2D eigenvalue weighted by Crippen LogP contribution is -2.39. The third-order valence-electron chi connectivity index (χ3n) is 6.30. The number of piperidine rings is 1. The van der Waals surface area contributed by atoms with E-state index in [0.29, 0.717) is 49.0 Å². The summed E-state index contributed by atoms with van der Waals surface area (Å²) in [6.07, 6.45) is 0.226. The molecule has 182 valence electrons. The number of aryl methyl sites for hydroxylation is 1. The second-order valence-corrected chi connectivity index (χ2v) is 8.63. The molecular formula is C24H23F4N7. The number of aromatic nitrogens is 5. The van der Waals surface area contributed by atoms with E-state index in [2.05, 4.69) is 25.6 Å². The number of halogens is 4. The third-order valence-corrected chi connectivity index (χ3v) is 6.30. The zero-order valence-corrected chi connectivity index (χ0v) is 18.9. The van der Waals surface area contributed by atoms with Crippen LogP contribution in [0.1, 0.15) is 24.0 Å². The van der Waals surface area contributed by atoms with Crippen LogP contribution in [-0.4, -0.2) is 49.0 Å². The second kappa shape index (κ2) is 9.21. The summed E-state index contributed by atoms with van der Waals surface area (Å²) in [5, 5.41) is 17.3. The van der Waals surface area contributed by atoms with Gasteiger partial charge in [-0.25, -0.2) is 4.39 Å². The lowest BCUT2D eigenvalue weighted by Gasteiger charge is -2.33. The van der Waals surface area contributed by atoms with Gasteiger partial charge in [0.1, 0.15) is 17.0 Å². The lowest BCUT2D eigenvalue weighted by molar-refractivity contribution is -0.138. The van der Waals surface area contributed by atoms with Gasteiger partial charge in [-0.2, -0.15) is 18.3 Å². The fourth-order valence-corrected chi connectivity index (χ4v) is 4.50. The second-order valence-electron chi connectivity index (χ2n) is 8.63. The highest BCUT2D eigenvalue weighted by Crippen LogP contribution is 2.34. The number of fused-ring (bicyclic) bond motifs is 1. The largest absolute Gasteiger partial charge is 0.416 e. The molecule has 1 saturated heterocycles. The average molecular weight is 485 g/mol. The van der Waals surface area contributed by atoms with Gasteiger partial charge in [-0.1, -0.05) is 6.07 Å². The normalized spacial score (nSPS) is 15.6. The molecule has 0 amide bonds. The molecule has 0 saturated carbocycles. The monoisotopic (exact) mass is 485 g/mol. The van der Waals surface area contributed by atoms with Gasteiger partial charge in [0.15, 0.2) is 5.82 Å². The molecule has 1 aromatic carbocycles. The van der Waals surface area contributed by atoms with E-state index in [1.54, 1.807) is 17.1 Å². The van der Waals surface area contributed by atoms with Gasteiger partial charge in [0, 0.05) is 50.5 Å². The molecule has 4 aromatic rings. The zero-order chi connectivity index (χ0) is 24.6. The molecule has 0 unspecified atom stereocenters. The summed E-state index contributed by atoms with van der Waals surface area (Å²) >= 11 is 0. The van der Waals surface area contributed by atoms with Crippen molar-refractivity contribution in [2.24, 2.45) is 7.05 Å². The lowest BCUT2D eigenvalue weighted by atomic mass is 10.0. The van der Waals surface area contributed by atoms with Gasteiger partial charge in [-0.05, 0) is 48.7 Å². The number of nitrogens with one attached hydrogen (secondary N) is 1. The Labute approximate surface area is 198 Å². The Kier molecular flexibility index (Phi) is 6.10. The molecule has 1 N–H and O–H groups in total. The van der Waals surface area contributed by atoms with E-state index in [4.69, 9.17) is 0 Å². The van der Waals surface area contributed by atoms with Crippen molar-refractivity contribution in [1.29, 1.82) is 0 Å². The number of nitrogens with zero attached hydrogens (tertiary/aromatic N) is 6. The van der Waals surface area contributed by atoms with Crippen LogP contribution < -0.4 is 5.32 Å². The summed E-state index contributed by atoms with van der Waals surface area (Å²) in [6.45, 7) is 1.31. The van der Waals surface area contributed by atoms with E-state index in [1.807, 2.05) is 30.1 Å². The van der Waals surface area contributed by atoms with Gasteiger partial charge in [-0.3, -0.25) is 14.6 Å². The first kappa shape index (κ1) is 23.2. The van der Waals surface area contributed by atoms with Crippen molar-refractivity contribution in [2.75, 3.05) is 18.4 Å². The van der Waals surface area contributed by atoms with Crippen molar-refractivity contribution in [1.82, 2.24) is 29.9 Å². The minimum atomic E-state index is -4.59. The van der Waals surface area contributed by atoms with Crippen molar-refractivity contribution in [3.05, 3.63) is 65.7 Å². The van der Waals surface area contributed by atoms with Crippen LogP contribution in [0.15, 0.2) is 48.8 Å². The Morgan fingerprint density at radius 1 is 1.06 bits per heavy atom. The first-order chi connectivity index (χ1) is 16.8. The van der Waals surface area contributed by atoms with Crippen LogP contribution in [0.3, 0.4) is 0 Å². The summed E-state index contributed by atoms with van der Waals surface area (Å²) in [7, 11) is 1.84. The Morgan fingerprint density at radius 2 is 1.86 bits per heavy atom. The van der Waals surface area contributed by atoms with Crippen LogP contribution in [0.5, 0.6) is 0 Å². The van der Waals surface area contributed by atoms with Gasteiger partial charge < -0.3 is 5.32 Å². The molecule has 0 atom stereocenters. The van der Waals surface area contributed by atoms with Crippen molar-refractivity contribution in [2.45, 2.75) is 31.6 Å². The van der Waals surface area contributed by atoms with Crippen LogP contribution in [0, 0.1) is 5.82 Å². The maximum Gasteiger partial charge on any atom is 0.416 e. The van der Waals surface area contributed by atoms with Crippen molar-refractivity contribution < 1.29 is 17.6 Å². The number of pyridine rings is 1. The molecule has 0 aliphatic carbocycles. The fourth-order valence-electron chi connectivity index (χ4n) is 4.50. The highest BCUT2D eigenvalue weighted by atomic mass is 19.4. The standard InChI is InChI=1S/C24H23F4N7/c1-34-20(6-10-30-34)21-18-3-2-9-29-22(18)23(33-32-21)31-17-7-11-35(12-8-17)14-15-4-5-16(25)13-19(15)24(26,27)28/h2-6,9-10,13,17H,7-8,11-12,14H2,1H3,(H,31,33). The van der Waals surface area contributed by atoms with Crippen molar-refractivity contribution >= 4 is 16.7 Å². The minimum Gasteiger partial charge on any atom is -0.364 e. The van der Waals surface area contributed by atoms with E-state index in [1.165, 1.54) is 6.07 Å². The van der Waals surface area contributed by atoms with Crippen LogP contribution in [0.4, 0.5) is 23.4 Å². The molecule has 7 nitrogen and oxygen atoms in total. The summed E-state index contributed by atoms with van der Waals surface area (Å²) in [5.41, 5.74) is 1.38. The fraction of sp³-hybridized carbons (Fsp3) is 0.333. The molecule has 5 rings (SSSR count). The number of hydrogen-bond acceptors (Lipinski definition) is 6. The highest BCUT2D eigenvalue weighted by Gasteiger charge is 2.34. The summed E-state index contributed by atoms with van der Waals surface area (Å²) < 4.78 is 55.1. The summed E-state index contributed by atoms with van der Waals surface area (Å²) in [4.78, 5) is 6.47. The van der Waals surface area contributed by atoms with Crippen LogP contribution in [-0.2, 0) is 19.8 Å². The Morgan fingerprint density at radius 3 is 2.57 bits per heavy atom. The molecule has 35 heavy (non-hydrogen) atoms. The quantitative estimate of drug-likeness (QED) is 0.415. The number of anilines is 1. The number of alkyl halides is 3. The van der Waals surface area contributed by atoms with Crippen molar-refractivity contribution in [3.8, 4) is 11.4 Å². The smallest absolute Gasteiger partial charge is 0.364 e. The topological polar surface area (TPSA) is 71.8 Å². The molecule has 11 heteroatoms. The summed E-state index contributed by atoms with van der Waals surface area (Å²) in [6, 6.07) is 8.58. The summed E-state index contributed by atoms with van der Waals surface area (Å²) in [5.74, 6) is -0.316. The molecule has 1 aliphatic rings. The zero-order valence-electron chi connectivity index (χ0n) is 18.9. The first-order valence-corrected chi connectivity index (χ1v) is 11.2. The number of rotatable bonds is 5. The molecule has 3 aromatic heterocycles. The third kappa shape index (κ3) is 4.81. The van der Waals surface area contributed by atoms with Gasteiger partial charge in [-0.15, -0.1) is 10.2 Å². The van der Waals surface area contributed by atoms with Gasteiger partial charge in [0.2, 0.25) is 0 Å². The van der Waals surface area contributed by atoms with Crippen LogP contribution >= 0.6 is 0 Å². The highest BCUT2D eigenvalue weighted by molar-refractivity contribution is 5.96.